The van der Waals surface area contributed by atoms with Gasteiger partial charge in [-0.25, -0.2) is 0 Å². The first-order valence-electron chi connectivity index (χ1n) is 7.99. The highest BCUT2D eigenvalue weighted by Crippen LogP contribution is 2.36. The zero-order valence-corrected chi connectivity index (χ0v) is 15.0. The number of anilines is 1. The number of aromatic nitrogens is 2. The van der Waals surface area contributed by atoms with Crippen molar-refractivity contribution in [3.63, 3.8) is 0 Å². The van der Waals surface area contributed by atoms with Crippen molar-refractivity contribution >= 4 is 29.0 Å². The van der Waals surface area contributed by atoms with Crippen LogP contribution >= 0.6 is 11.8 Å². The number of rotatable bonds is 6. The van der Waals surface area contributed by atoms with E-state index in [1.807, 2.05) is 0 Å². The Bertz CT molecular complexity index is 1050. The van der Waals surface area contributed by atoms with Crippen LogP contribution in [0.25, 0.3) is 11.5 Å². The van der Waals surface area contributed by atoms with Crippen molar-refractivity contribution in [2.75, 3.05) is 17.9 Å². The van der Waals surface area contributed by atoms with Gasteiger partial charge in [-0.05, 0) is 24.3 Å². The largest absolute Gasteiger partial charge is 0.454 e. The lowest BCUT2D eigenvalue weighted by atomic mass is 10.2. The molecular weight excluding hydrogens is 388 g/mol. The van der Waals surface area contributed by atoms with Crippen molar-refractivity contribution in [3.05, 3.63) is 52.6 Å². The Labute approximate surface area is 162 Å². The number of hydrogen-bond donors (Lipinski definition) is 1. The van der Waals surface area contributed by atoms with Gasteiger partial charge in [-0.15, -0.1) is 10.2 Å². The Hall–Kier alpha value is -3.60. The van der Waals surface area contributed by atoms with Crippen LogP contribution in [0.1, 0.15) is 0 Å². The Morgan fingerprint density at radius 2 is 2.04 bits per heavy atom. The van der Waals surface area contributed by atoms with Crippen LogP contribution in [0, 0.1) is 10.1 Å². The van der Waals surface area contributed by atoms with Crippen molar-refractivity contribution in [3.8, 4) is 23.0 Å². The van der Waals surface area contributed by atoms with Gasteiger partial charge >= 0.3 is 0 Å². The second-order valence-electron chi connectivity index (χ2n) is 5.59. The number of nitro benzene ring substituents is 1. The first-order valence-corrected chi connectivity index (χ1v) is 8.98. The third-order valence-corrected chi connectivity index (χ3v) is 4.51. The summed E-state index contributed by atoms with van der Waals surface area (Å²) >= 11 is 1.06. The summed E-state index contributed by atoms with van der Waals surface area (Å²) in [6.07, 6.45) is 0. The van der Waals surface area contributed by atoms with E-state index in [2.05, 4.69) is 15.5 Å². The van der Waals surface area contributed by atoms with E-state index in [4.69, 9.17) is 13.9 Å². The van der Waals surface area contributed by atoms with Crippen LogP contribution < -0.4 is 14.8 Å². The van der Waals surface area contributed by atoms with E-state index < -0.39 is 4.92 Å². The summed E-state index contributed by atoms with van der Waals surface area (Å²) in [7, 11) is 0. The number of benzene rings is 2. The molecule has 1 amide bonds. The van der Waals surface area contributed by atoms with E-state index in [-0.39, 0.29) is 29.4 Å². The first-order chi connectivity index (χ1) is 13.6. The SMILES string of the molecule is O=C(CSc1nnc(-c2ccc3c(c2)OCO3)o1)Nc1cccc([N+](=O)[O-])c1. The fraction of sp³-hybridized carbons (Fsp3) is 0.118. The van der Waals surface area contributed by atoms with E-state index in [1.54, 1.807) is 24.3 Å². The number of hydrogen-bond acceptors (Lipinski definition) is 9. The minimum atomic E-state index is -0.527. The molecule has 2 aromatic carbocycles. The number of carbonyl (C=O) groups is 1. The average Bonchev–Trinajstić information content (AvgIpc) is 3.35. The molecule has 0 unspecified atom stereocenters. The summed E-state index contributed by atoms with van der Waals surface area (Å²) in [6, 6.07) is 11.0. The molecule has 28 heavy (non-hydrogen) atoms. The van der Waals surface area contributed by atoms with E-state index in [9.17, 15) is 14.9 Å². The Kier molecular flexibility index (Phi) is 4.81. The van der Waals surface area contributed by atoms with Crippen LogP contribution in [0.2, 0.25) is 0 Å². The summed E-state index contributed by atoms with van der Waals surface area (Å²) < 4.78 is 16.1. The summed E-state index contributed by atoms with van der Waals surface area (Å²) in [5, 5.41) is 21.5. The molecule has 0 spiro atoms. The molecule has 1 aliphatic rings. The van der Waals surface area contributed by atoms with E-state index >= 15 is 0 Å². The molecule has 11 heteroatoms. The number of nitro groups is 1. The highest BCUT2D eigenvalue weighted by molar-refractivity contribution is 7.99. The van der Waals surface area contributed by atoms with Gasteiger partial charge in [0.15, 0.2) is 11.5 Å². The molecule has 0 aliphatic carbocycles. The molecule has 0 radical (unpaired) electrons. The lowest BCUT2D eigenvalue weighted by Gasteiger charge is -2.03. The number of ether oxygens (including phenoxy) is 2. The quantitative estimate of drug-likeness (QED) is 0.377. The molecule has 1 N–H and O–H groups in total. The van der Waals surface area contributed by atoms with Gasteiger partial charge in [-0.3, -0.25) is 14.9 Å². The second-order valence-corrected chi connectivity index (χ2v) is 6.51. The number of amides is 1. The number of nitrogens with one attached hydrogen (secondary N) is 1. The van der Waals surface area contributed by atoms with Gasteiger partial charge in [0.2, 0.25) is 18.6 Å². The molecule has 2 heterocycles. The molecule has 0 saturated heterocycles. The smallest absolute Gasteiger partial charge is 0.277 e. The topological polar surface area (TPSA) is 130 Å². The zero-order valence-electron chi connectivity index (χ0n) is 14.2. The maximum Gasteiger partial charge on any atom is 0.277 e. The fourth-order valence-electron chi connectivity index (χ4n) is 2.44. The van der Waals surface area contributed by atoms with Crippen LogP contribution in [-0.4, -0.2) is 33.6 Å². The number of non-ortho nitro benzene ring substituents is 1. The van der Waals surface area contributed by atoms with Crippen molar-refractivity contribution in [1.29, 1.82) is 0 Å². The third-order valence-electron chi connectivity index (χ3n) is 3.69. The molecule has 4 rings (SSSR count). The normalized spacial score (nSPS) is 12.0. The van der Waals surface area contributed by atoms with Gasteiger partial charge in [0.1, 0.15) is 0 Å². The van der Waals surface area contributed by atoms with Gasteiger partial charge in [-0.1, -0.05) is 17.8 Å². The number of carbonyl (C=O) groups excluding carboxylic acids is 1. The van der Waals surface area contributed by atoms with Crippen LogP contribution in [0.3, 0.4) is 0 Å². The fourth-order valence-corrected chi connectivity index (χ4v) is 3.00. The monoisotopic (exact) mass is 400 g/mol. The van der Waals surface area contributed by atoms with Crippen molar-refractivity contribution < 1.29 is 23.6 Å². The third kappa shape index (κ3) is 3.88. The minimum absolute atomic E-state index is 0.00542. The molecule has 0 fully saturated rings. The molecule has 0 bridgehead atoms. The maximum absolute atomic E-state index is 12.0. The van der Waals surface area contributed by atoms with Crippen LogP contribution in [0.5, 0.6) is 11.5 Å². The second kappa shape index (κ2) is 7.56. The van der Waals surface area contributed by atoms with E-state index in [1.165, 1.54) is 18.2 Å². The highest BCUT2D eigenvalue weighted by atomic mass is 32.2. The molecule has 1 aromatic heterocycles. The Morgan fingerprint density at radius 3 is 2.89 bits per heavy atom. The van der Waals surface area contributed by atoms with Crippen LogP contribution in [-0.2, 0) is 4.79 Å². The molecule has 1 aliphatic heterocycles. The van der Waals surface area contributed by atoms with Gasteiger partial charge in [0.25, 0.3) is 10.9 Å². The van der Waals surface area contributed by atoms with Gasteiger partial charge < -0.3 is 19.2 Å². The first kappa shape index (κ1) is 17.8. The van der Waals surface area contributed by atoms with Crippen LogP contribution in [0.15, 0.2) is 52.1 Å². The van der Waals surface area contributed by atoms with Crippen LogP contribution in [0.4, 0.5) is 11.4 Å². The van der Waals surface area contributed by atoms with Gasteiger partial charge in [-0.2, -0.15) is 0 Å². The number of fused-ring (bicyclic) bond motifs is 1. The van der Waals surface area contributed by atoms with Crippen molar-refractivity contribution in [2.24, 2.45) is 0 Å². The van der Waals surface area contributed by atoms with Gasteiger partial charge in [0.05, 0.1) is 10.7 Å². The standard InChI is InChI=1S/C17H12N4O6S/c22-15(18-11-2-1-3-12(7-11)21(23)24)8-28-17-20-19-16(27-17)10-4-5-13-14(6-10)26-9-25-13/h1-7H,8-9H2,(H,18,22). The van der Waals surface area contributed by atoms with Crippen molar-refractivity contribution in [1.82, 2.24) is 10.2 Å². The highest BCUT2D eigenvalue weighted by Gasteiger charge is 2.17. The minimum Gasteiger partial charge on any atom is -0.454 e. The number of thioether (sulfide) groups is 1. The zero-order chi connectivity index (χ0) is 19.5. The predicted octanol–water partition coefficient (Wildman–Crippen LogP) is 3.10. The summed E-state index contributed by atoms with van der Waals surface area (Å²) in [6.45, 7) is 0.170. The molecule has 0 saturated carbocycles. The Morgan fingerprint density at radius 1 is 1.18 bits per heavy atom. The molecular formula is C17H12N4O6S. The van der Waals surface area contributed by atoms with E-state index in [0.29, 0.717) is 28.6 Å². The van der Waals surface area contributed by atoms with Gasteiger partial charge in [0, 0.05) is 23.4 Å². The Balaban J connectivity index is 1.36. The lowest BCUT2D eigenvalue weighted by molar-refractivity contribution is -0.384. The summed E-state index contributed by atoms with van der Waals surface area (Å²) in [5.41, 5.74) is 0.909. The molecule has 10 nitrogen and oxygen atoms in total. The van der Waals surface area contributed by atoms with E-state index in [0.717, 1.165) is 11.8 Å². The predicted molar refractivity (Wildman–Crippen MR) is 98.3 cm³/mol. The summed E-state index contributed by atoms with van der Waals surface area (Å²) in [4.78, 5) is 22.3. The summed E-state index contributed by atoms with van der Waals surface area (Å²) in [5.74, 6) is 1.19. The lowest BCUT2D eigenvalue weighted by Crippen LogP contribution is -2.14. The molecule has 0 atom stereocenters. The molecule has 142 valence electrons. The molecule has 3 aromatic rings. The number of nitrogens with zero attached hydrogens (tertiary/aromatic N) is 3. The van der Waals surface area contributed by atoms with Crippen molar-refractivity contribution in [2.45, 2.75) is 5.22 Å². The maximum atomic E-state index is 12.0. The average molecular weight is 400 g/mol.